The topological polar surface area (TPSA) is 58.1 Å². The summed E-state index contributed by atoms with van der Waals surface area (Å²) in [5.74, 6) is 0.397. The lowest BCUT2D eigenvalue weighted by Gasteiger charge is -2.28. The van der Waals surface area contributed by atoms with E-state index in [9.17, 15) is 4.79 Å². The van der Waals surface area contributed by atoms with Gasteiger partial charge in [0.2, 0.25) is 5.95 Å². The molecule has 0 saturated carbocycles. The van der Waals surface area contributed by atoms with Gasteiger partial charge in [-0.3, -0.25) is 4.79 Å². The Hall–Kier alpha value is -3.21. The monoisotopic (exact) mass is 372 g/mol. The molecular weight excluding hydrogens is 348 g/mol. The lowest BCUT2D eigenvalue weighted by molar-refractivity contribution is 0.0728. The van der Waals surface area contributed by atoms with Crippen molar-refractivity contribution >= 4 is 17.5 Å². The van der Waals surface area contributed by atoms with Crippen LogP contribution in [0.15, 0.2) is 48.5 Å². The summed E-state index contributed by atoms with van der Waals surface area (Å²) in [6.07, 6.45) is 0.875. The molecular formula is C23H24N4O. The summed E-state index contributed by atoms with van der Waals surface area (Å²) in [5, 5.41) is 3.25. The van der Waals surface area contributed by atoms with E-state index in [1.807, 2.05) is 30.0 Å². The van der Waals surface area contributed by atoms with E-state index in [2.05, 4.69) is 53.4 Å². The van der Waals surface area contributed by atoms with Gasteiger partial charge in [-0.1, -0.05) is 30.3 Å². The second-order valence-corrected chi connectivity index (χ2v) is 7.46. The maximum atomic E-state index is 13.1. The van der Waals surface area contributed by atoms with Crippen LogP contribution in [0, 0.1) is 20.8 Å². The predicted octanol–water partition coefficient (Wildman–Crippen LogP) is 4.34. The number of hydrogen-bond donors (Lipinski definition) is 1. The normalized spacial score (nSPS) is 13.2. The molecule has 5 nitrogen and oxygen atoms in total. The summed E-state index contributed by atoms with van der Waals surface area (Å²) in [4.78, 5) is 23.9. The molecule has 1 aromatic heterocycles. The van der Waals surface area contributed by atoms with Crippen LogP contribution in [0.3, 0.4) is 0 Å². The third-order valence-electron chi connectivity index (χ3n) is 4.97. The molecule has 1 amide bonds. The molecule has 0 unspecified atom stereocenters. The van der Waals surface area contributed by atoms with Crippen LogP contribution < -0.4 is 5.32 Å². The van der Waals surface area contributed by atoms with Gasteiger partial charge in [-0.2, -0.15) is 0 Å². The van der Waals surface area contributed by atoms with E-state index in [0.717, 1.165) is 17.8 Å². The van der Waals surface area contributed by atoms with Crippen LogP contribution in [0.1, 0.15) is 38.4 Å². The molecule has 28 heavy (non-hydrogen) atoms. The van der Waals surface area contributed by atoms with Crippen LogP contribution in [-0.4, -0.2) is 27.3 Å². The van der Waals surface area contributed by atoms with Gasteiger partial charge in [-0.25, -0.2) is 9.97 Å². The first-order valence-corrected chi connectivity index (χ1v) is 9.55. The van der Waals surface area contributed by atoms with Gasteiger partial charge in [0.15, 0.2) is 0 Å². The van der Waals surface area contributed by atoms with Crippen LogP contribution in [0.4, 0.5) is 11.6 Å². The van der Waals surface area contributed by atoms with Crippen molar-refractivity contribution in [3.05, 3.63) is 82.2 Å². The molecule has 0 fully saturated rings. The van der Waals surface area contributed by atoms with Crippen LogP contribution in [0.25, 0.3) is 0 Å². The maximum Gasteiger partial charge on any atom is 0.272 e. The van der Waals surface area contributed by atoms with Gasteiger partial charge in [-0.05, 0) is 67.6 Å². The van der Waals surface area contributed by atoms with Crippen molar-refractivity contribution in [2.24, 2.45) is 0 Å². The third-order valence-corrected chi connectivity index (χ3v) is 4.97. The quantitative estimate of drug-likeness (QED) is 0.743. The molecule has 142 valence electrons. The Kier molecular flexibility index (Phi) is 4.82. The Balaban J connectivity index is 1.57. The Morgan fingerprint density at radius 2 is 1.68 bits per heavy atom. The Morgan fingerprint density at radius 3 is 2.43 bits per heavy atom. The number of benzene rings is 2. The Morgan fingerprint density at radius 1 is 0.964 bits per heavy atom. The average molecular weight is 372 g/mol. The van der Waals surface area contributed by atoms with Crippen LogP contribution in [0.2, 0.25) is 0 Å². The fourth-order valence-corrected chi connectivity index (χ4v) is 3.74. The second-order valence-electron chi connectivity index (χ2n) is 7.46. The van der Waals surface area contributed by atoms with Crippen molar-refractivity contribution in [3.8, 4) is 0 Å². The maximum absolute atomic E-state index is 13.1. The van der Waals surface area contributed by atoms with Crippen molar-refractivity contribution in [3.63, 3.8) is 0 Å². The summed E-state index contributed by atoms with van der Waals surface area (Å²) in [6, 6.07) is 16.3. The molecule has 2 heterocycles. The number of hydrogen-bond acceptors (Lipinski definition) is 4. The van der Waals surface area contributed by atoms with Crippen molar-refractivity contribution < 1.29 is 4.79 Å². The van der Waals surface area contributed by atoms with E-state index in [4.69, 9.17) is 0 Å². The number of carbonyl (C=O) groups is 1. The van der Waals surface area contributed by atoms with Crippen LogP contribution in [0.5, 0.6) is 0 Å². The van der Waals surface area contributed by atoms with E-state index in [0.29, 0.717) is 24.7 Å². The summed E-state index contributed by atoms with van der Waals surface area (Å²) in [5.41, 5.74) is 6.98. The summed E-state index contributed by atoms with van der Waals surface area (Å²) < 4.78 is 0. The molecule has 1 N–H and O–H groups in total. The van der Waals surface area contributed by atoms with E-state index in [1.54, 1.807) is 6.07 Å². The second kappa shape index (κ2) is 7.43. The van der Waals surface area contributed by atoms with Gasteiger partial charge in [0.1, 0.15) is 5.69 Å². The molecule has 1 aliphatic heterocycles. The fraction of sp³-hybridized carbons (Fsp3) is 0.261. The van der Waals surface area contributed by atoms with Gasteiger partial charge >= 0.3 is 0 Å². The SMILES string of the molecule is Cc1cc(C)cc(Nc2nc(C)cc(C(=O)N3CCc4ccccc4C3)n2)c1. The van der Waals surface area contributed by atoms with Crippen LogP contribution >= 0.6 is 0 Å². The zero-order valence-electron chi connectivity index (χ0n) is 16.5. The molecule has 0 radical (unpaired) electrons. The number of carbonyl (C=O) groups excluding carboxylic acids is 1. The molecule has 2 aromatic carbocycles. The van der Waals surface area contributed by atoms with Crippen molar-refractivity contribution in [2.75, 3.05) is 11.9 Å². The first kappa shape index (κ1) is 18.2. The minimum Gasteiger partial charge on any atom is -0.333 e. The number of fused-ring (bicyclic) bond motifs is 1. The molecule has 4 rings (SSSR count). The standard InChI is InChI=1S/C23H24N4O/c1-15-10-16(2)12-20(11-15)25-23-24-17(3)13-21(26-23)22(28)27-9-8-18-6-4-5-7-19(18)14-27/h4-7,10-13H,8-9,14H2,1-3H3,(H,24,25,26). The fourth-order valence-electron chi connectivity index (χ4n) is 3.74. The van der Waals surface area contributed by atoms with Gasteiger partial charge in [0.05, 0.1) is 0 Å². The lowest BCUT2D eigenvalue weighted by atomic mass is 10.00. The van der Waals surface area contributed by atoms with Crippen molar-refractivity contribution in [1.29, 1.82) is 0 Å². The zero-order chi connectivity index (χ0) is 19.7. The molecule has 0 bridgehead atoms. The summed E-state index contributed by atoms with van der Waals surface area (Å²) in [6.45, 7) is 7.32. The van der Waals surface area contributed by atoms with Gasteiger partial charge in [0.25, 0.3) is 5.91 Å². The average Bonchev–Trinajstić information content (AvgIpc) is 2.65. The highest BCUT2D eigenvalue weighted by Crippen LogP contribution is 2.21. The number of amides is 1. The number of aryl methyl sites for hydroxylation is 3. The van der Waals surface area contributed by atoms with Crippen molar-refractivity contribution in [1.82, 2.24) is 14.9 Å². The molecule has 0 saturated heterocycles. The Bertz CT molecular complexity index is 1020. The van der Waals surface area contributed by atoms with E-state index < -0.39 is 0 Å². The highest BCUT2D eigenvalue weighted by Gasteiger charge is 2.23. The molecule has 1 aliphatic rings. The third kappa shape index (κ3) is 3.88. The summed E-state index contributed by atoms with van der Waals surface area (Å²) >= 11 is 0. The number of anilines is 2. The number of rotatable bonds is 3. The largest absolute Gasteiger partial charge is 0.333 e. The zero-order valence-corrected chi connectivity index (χ0v) is 16.5. The first-order chi connectivity index (χ1) is 13.5. The van der Waals surface area contributed by atoms with Gasteiger partial charge < -0.3 is 10.2 Å². The van der Waals surface area contributed by atoms with Gasteiger partial charge in [0, 0.05) is 24.5 Å². The molecule has 0 spiro atoms. The van der Waals surface area contributed by atoms with Crippen molar-refractivity contribution in [2.45, 2.75) is 33.7 Å². The molecule has 3 aromatic rings. The minimum absolute atomic E-state index is 0.0523. The first-order valence-electron chi connectivity index (χ1n) is 9.55. The molecule has 0 atom stereocenters. The lowest BCUT2D eigenvalue weighted by Crippen LogP contribution is -2.36. The molecule has 0 aliphatic carbocycles. The highest BCUT2D eigenvalue weighted by atomic mass is 16.2. The highest BCUT2D eigenvalue weighted by molar-refractivity contribution is 5.93. The van der Waals surface area contributed by atoms with E-state index in [-0.39, 0.29) is 5.91 Å². The molecule has 5 heteroatoms. The predicted molar refractivity (Wildman–Crippen MR) is 111 cm³/mol. The number of nitrogens with zero attached hydrogens (tertiary/aromatic N) is 3. The summed E-state index contributed by atoms with van der Waals surface area (Å²) in [7, 11) is 0. The Labute approximate surface area is 165 Å². The smallest absolute Gasteiger partial charge is 0.272 e. The van der Waals surface area contributed by atoms with E-state index >= 15 is 0 Å². The van der Waals surface area contributed by atoms with Gasteiger partial charge in [-0.15, -0.1) is 0 Å². The minimum atomic E-state index is -0.0523. The van der Waals surface area contributed by atoms with E-state index in [1.165, 1.54) is 22.3 Å². The number of aromatic nitrogens is 2. The van der Waals surface area contributed by atoms with Crippen LogP contribution in [-0.2, 0) is 13.0 Å². The number of nitrogens with one attached hydrogen (secondary N) is 1.